The largest absolute Gasteiger partial charge is 0.338 e. The summed E-state index contributed by atoms with van der Waals surface area (Å²) < 4.78 is 6.42. The molecule has 1 amide bonds. The first kappa shape index (κ1) is 18.6. The van der Waals surface area contributed by atoms with Gasteiger partial charge in [0.1, 0.15) is 0 Å². The van der Waals surface area contributed by atoms with E-state index in [2.05, 4.69) is 37.6 Å². The summed E-state index contributed by atoms with van der Waals surface area (Å²) in [6.45, 7) is 5.65. The normalized spacial score (nSPS) is 15.3. The van der Waals surface area contributed by atoms with Crippen molar-refractivity contribution in [3.05, 3.63) is 56.3 Å². The van der Waals surface area contributed by atoms with E-state index in [1.54, 1.807) is 11.3 Å². The van der Waals surface area contributed by atoms with Crippen LogP contribution in [0.2, 0.25) is 0 Å². The number of rotatable bonds is 4. The zero-order valence-corrected chi connectivity index (χ0v) is 17.9. The first-order valence-corrected chi connectivity index (χ1v) is 10.7. The molecule has 1 aromatic carbocycles. The molecule has 0 aliphatic carbocycles. The van der Waals surface area contributed by atoms with Gasteiger partial charge in [-0.1, -0.05) is 23.4 Å². The summed E-state index contributed by atoms with van der Waals surface area (Å²) in [4.78, 5) is 22.5. The predicted octanol–water partition coefficient (Wildman–Crippen LogP) is 3.67. The number of hydrogen-bond donors (Lipinski definition) is 0. The van der Waals surface area contributed by atoms with E-state index >= 15 is 0 Å². The lowest BCUT2D eigenvalue weighted by atomic mass is 10.1. The molecule has 0 unspecified atom stereocenters. The molecule has 3 aromatic rings. The molecule has 0 atom stereocenters. The van der Waals surface area contributed by atoms with Crippen LogP contribution in [0.25, 0.3) is 10.7 Å². The lowest BCUT2D eigenvalue weighted by Crippen LogP contribution is -2.48. The molecule has 4 rings (SSSR count). The van der Waals surface area contributed by atoms with Crippen LogP contribution in [0.4, 0.5) is 0 Å². The number of benzene rings is 1. The van der Waals surface area contributed by atoms with Crippen molar-refractivity contribution >= 4 is 39.8 Å². The van der Waals surface area contributed by atoms with Gasteiger partial charge in [0.15, 0.2) is 0 Å². The van der Waals surface area contributed by atoms with Crippen LogP contribution in [0.15, 0.2) is 40.2 Å². The molecule has 1 fully saturated rings. The van der Waals surface area contributed by atoms with Crippen molar-refractivity contribution in [2.45, 2.75) is 13.5 Å². The molecule has 0 bridgehead atoms. The minimum atomic E-state index is 0.112. The predicted molar refractivity (Wildman–Crippen MR) is 113 cm³/mol. The van der Waals surface area contributed by atoms with E-state index in [-0.39, 0.29) is 5.91 Å². The van der Waals surface area contributed by atoms with E-state index in [1.165, 1.54) is 0 Å². The maximum Gasteiger partial charge on any atom is 0.255 e. The van der Waals surface area contributed by atoms with Gasteiger partial charge >= 0.3 is 0 Å². The summed E-state index contributed by atoms with van der Waals surface area (Å²) in [7, 11) is 0. The van der Waals surface area contributed by atoms with Crippen LogP contribution in [0.3, 0.4) is 0 Å². The van der Waals surface area contributed by atoms with Crippen molar-refractivity contribution in [3.63, 3.8) is 0 Å². The highest BCUT2D eigenvalue weighted by Crippen LogP contribution is 2.22. The maximum atomic E-state index is 12.8. The molecular formula is C19H19IN4O2S. The Balaban J connectivity index is 1.35. The van der Waals surface area contributed by atoms with E-state index < -0.39 is 0 Å². The van der Waals surface area contributed by atoms with Crippen LogP contribution in [0, 0.1) is 10.5 Å². The van der Waals surface area contributed by atoms with Crippen molar-refractivity contribution in [2.24, 2.45) is 0 Å². The third-order valence-electron chi connectivity index (χ3n) is 4.65. The van der Waals surface area contributed by atoms with Gasteiger partial charge in [0.05, 0.1) is 17.0 Å². The number of nitrogens with zero attached hydrogens (tertiary/aromatic N) is 4. The highest BCUT2D eigenvalue weighted by molar-refractivity contribution is 14.1. The average Bonchev–Trinajstić information content (AvgIpc) is 3.36. The highest BCUT2D eigenvalue weighted by Gasteiger charge is 2.25. The first-order chi connectivity index (χ1) is 13.1. The van der Waals surface area contributed by atoms with Gasteiger partial charge in [0.2, 0.25) is 11.7 Å². The molecule has 1 aliphatic heterocycles. The first-order valence-electron chi connectivity index (χ1n) is 8.75. The van der Waals surface area contributed by atoms with Crippen LogP contribution < -0.4 is 0 Å². The Morgan fingerprint density at radius 1 is 1.22 bits per heavy atom. The molecule has 0 spiro atoms. The lowest BCUT2D eigenvalue weighted by Gasteiger charge is -2.34. The van der Waals surface area contributed by atoms with Crippen molar-refractivity contribution in [3.8, 4) is 10.7 Å². The molecule has 3 heterocycles. The fraction of sp³-hybridized carbons (Fsp3) is 0.316. The summed E-state index contributed by atoms with van der Waals surface area (Å²) in [5, 5.41) is 6.05. The molecule has 140 valence electrons. The number of amides is 1. The monoisotopic (exact) mass is 494 g/mol. The zero-order chi connectivity index (χ0) is 18.8. The van der Waals surface area contributed by atoms with Crippen molar-refractivity contribution < 1.29 is 9.32 Å². The Hall–Kier alpha value is -1.78. The van der Waals surface area contributed by atoms with Crippen LogP contribution in [-0.2, 0) is 6.54 Å². The van der Waals surface area contributed by atoms with Crippen molar-refractivity contribution in [1.82, 2.24) is 19.9 Å². The van der Waals surface area contributed by atoms with Crippen LogP contribution in [0.5, 0.6) is 0 Å². The lowest BCUT2D eigenvalue weighted by molar-refractivity contribution is 0.0614. The number of carbonyl (C=O) groups excluding carboxylic acids is 1. The molecule has 0 radical (unpaired) electrons. The quantitative estimate of drug-likeness (QED) is 0.519. The van der Waals surface area contributed by atoms with Gasteiger partial charge in [0, 0.05) is 29.7 Å². The number of piperazine rings is 1. The fourth-order valence-electron chi connectivity index (χ4n) is 3.11. The summed E-state index contributed by atoms with van der Waals surface area (Å²) in [5.41, 5.74) is 1.93. The number of thiophene rings is 1. The summed E-state index contributed by atoms with van der Waals surface area (Å²) in [5.74, 6) is 1.37. The summed E-state index contributed by atoms with van der Waals surface area (Å²) >= 11 is 3.85. The molecule has 6 nitrogen and oxygen atoms in total. The second kappa shape index (κ2) is 8.07. The fourth-order valence-corrected chi connectivity index (χ4v) is 4.35. The second-order valence-corrected chi connectivity index (χ2v) is 8.52. The number of aromatic nitrogens is 2. The average molecular weight is 494 g/mol. The number of carbonyl (C=O) groups is 1. The SMILES string of the molecule is Cc1cccc(C(=O)N2CCN(Cc3nc(-c4cccs4)no3)CC2)c1I. The number of halogens is 1. The topological polar surface area (TPSA) is 62.5 Å². The molecule has 0 saturated carbocycles. The van der Waals surface area contributed by atoms with Crippen LogP contribution in [-0.4, -0.2) is 52.0 Å². The molecule has 0 N–H and O–H groups in total. The van der Waals surface area contributed by atoms with E-state index in [1.807, 2.05) is 47.5 Å². The standard InChI is InChI=1S/C19H19IN4O2S/c1-13-4-2-5-14(17(13)20)19(25)24-9-7-23(8-10-24)12-16-21-18(22-26-16)15-6-3-11-27-15/h2-6,11H,7-10,12H2,1H3. The molecule has 27 heavy (non-hydrogen) atoms. The van der Waals surface area contributed by atoms with E-state index in [0.29, 0.717) is 31.3 Å². The minimum Gasteiger partial charge on any atom is -0.338 e. The molecule has 1 aliphatic rings. The van der Waals surface area contributed by atoms with E-state index in [9.17, 15) is 4.79 Å². The Bertz CT molecular complexity index is 933. The van der Waals surface area contributed by atoms with E-state index in [4.69, 9.17) is 4.52 Å². The van der Waals surface area contributed by atoms with Gasteiger partial charge in [-0.05, 0) is 52.6 Å². The van der Waals surface area contributed by atoms with Gasteiger partial charge in [-0.15, -0.1) is 11.3 Å². The van der Waals surface area contributed by atoms with Gasteiger partial charge in [-0.3, -0.25) is 9.69 Å². The van der Waals surface area contributed by atoms with Crippen LogP contribution >= 0.6 is 33.9 Å². The molecular weight excluding hydrogens is 475 g/mol. The third kappa shape index (κ3) is 4.07. The molecule has 1 saturated heterocycles. The van der Waals surface area contributed by atoms with Gasteiger partial charge in [-0.25, -0.2) is 0 Å². The van der Waals surface area contributed by atoms with Gasteiger partial charge < -0.3 is 9.42 Å². The smallest absolute Gasteiger partial charge is 0.255 e. The zero-order valence-electron chi connectivity index (χ0n) is 14.9. The molecule has 2 aromatic heterocycles. The second-order valence-electron chi connectivity index (χ2n) is 6.49. The van der Waals surface area contributed by atoms with Crippen LogP contribution in [0.1, 0.15) is 21.8 Å². The Kier molecular flexibility index (Phi) is 5.55. The minimum absolute atomic E-state index is 0.112. The number of aryl methyl sites for hydroxylation is 1. The van der Waals surface area contributed by atoms with Crippen molar-refractivity contribution in [1.29, 1.82) is 0 Å². The third-order valence-corrected chi connectivity index (χ3v) is 6.95. The highest BCUT2D eigenvalue weighted by atomic mass is 127. The van der Waals surface area contributed by atoms with Gasteiger partial charge in [0.25, 0.3) is 5.91 Å². The van der Waals surface area contributed by atoms with Crippen molar-refractivity contribution in [2.75, 3.05) is 26.2 Å². The molecule has 8 heteroatoms. The summed E-state index contributed by atoms with van der Waals surface area (Å²) in [6, 6.07) is 9.85. The number of hydrogen-bond acceptors (Lipinski definition) is 6. The summed E-state index contributed by atoms with van der Waals surface area (Å²) in [6.07, 6.45) is 0. The Morgan fingerprint density at radius 3 is 2.78 bits per heavy atom. The Labute approximate surface area is 175 Å². The Morgan fingerprint density at radius 2 is 2.04 bits per heavy atom. The maximum absolute atomic E-state index is 12.8. The van der Waals surface area contributed by atoms with E-state index in [0.717, 1.165) is 32.7 Å². The van der Waals surface area contributed by atoms with Gasteiger partial charge in [-0.2, -0.15) is 4.98 Å².